The molecule has 0 spiro atoms. The highest BCUT2D eigenvalue weighted by atomic mass is 16.1. The molecule has 3 rings (SSSR count). The first-order chi connectivity index (χ1) is 10.8. The molecule has 0 atom stereocenters. The maximum Gasteiger partial charge on any atom is 0.251 e. The highest BCUT2D eigenvalue weighted by molar-refractivity contribution is 5.94. The second-order valence-corrected chi connectivity index (χ2v) is 4.87. The molecule has 0 fully saturated rings. The summed E-state index contributed by atoms with van der Waals surface area (Å²) in [6, 6.07) is 17.3. The van der Waals surface area contributed by atoms with Crippen LogP contribution in [-0.2, 0) is 6.54 Å². The Kier molecular flexibility index (Phi) is 4.20. The molecule has 0 saturated heterocycles. The maximum atomic E-state index is 12.1. The normalized spacial score (nSPS) is 10.2. The van der Waals surface area contributed by atoms with Crippen LogP contribution >= 0.6 is 0 Å². The van der Waals surface area contributed by atoms with Crippen LogP contribution in [0.1, 0.15) is 15.9 Å². The van der Waals surface area contributed by atoms with Gasteiger partial charge in [0.25, 0.3) is 5.91 Å². The molecular formula is C18H15N3O. The van der Waals surface area contributed by atoms with Crippen LogP contribution in [0.2, 0.25) is 0 Å². The SMILES string of the molecule is O=C(NCc1ccccc1)c1ccc(-c2cncnc2)cc1. The molecule has 0 aliphatic rings. The molecule has 4 nitrogen and oxygen atoms in total. The lowest BCUT2D eigenvalue weighted by Crippen LogP contribution is -2.22. The van der Waals surface area contributed by atoms with Crippen LogP contribution in [0.5, 0.6) is 0 Å². The van der Waals surface area contributed by atoms with E-state index < -0.39 is 0 Å². The van der Waals surface area contributed by atoms with Gasteiger partial charge in [-0.1, -0.05) is 42.5 Å². The summed E-state index contributed by atoms with van der Waals surface area (Å²) in [6.07, 6.45) is 4.99. The second-order valence-electron chi connectivity index (χ2n) is 4.87. The highest BCUT2D eigenvalue weighted by Crippen LogP contribution is 2.17. The van der Waals surface area contributed by atoms with Crippen LogP contribution in [0.15, 0.2) is 73.3 Å². The lowest BCUT2D eigenvalue weighted by Gasteiger charge is -2.06. The number of benzene rings is 2. The molecule has 0 radical (unpaired) electrons. The zero-order valence-electron chi connectivity index (χ0n) is 11.9. The van der Waals surface area contributed by atoms with Crippen molar-refractivity contribution in [2.45, 2.75) is 6.54 Å². The molecular weight excluding hydrogens is 274 g/mol. The van der Waals surface area contributed by atoms with E-state index in [-0.39, 0.29) is 5.91 Å². The van der Waals surface area contributed by atoms with E-state index in [9.17, 15) is 4.79 Å². The van der Waals surface area contributed by atoms with Gasteiger partial charge in [-0.15, -0.1) is 0 Å². The first-order valence-electron chi connectivity index (χ1n) is 7.00. The van der Waals surface area contributed by atoms with Crippen molar-refractivity contribution in [1.82, 2.24) is 15.3 Å². The molecule has 0 aliphatic carbocycles. The largest absolute Gasteiger partial charge is 0.348 e. The third kappa shape index (κ3) is 3.35. The van der Waals surface area contributed by atoms with Crippen molar-refractivity contribution < 1.29 is 4.79 Å². The molecule has 0 aliphatic heterocycles. The Balaban J connectivity index is 1.66. The molecule has 1 heterocycles. The fourth-order valence-electron chi connectivity index (χ4n) is 2.14. The Morgan fingerprint density at radius 2 is 1.55 bits per heavy atom. The van der Waals surface area contributed by atoms with Gasteiger partial charge >= 0.3 is 0 Å². The van der Waals surface area contributed by atoms with Gasteiger partial charge in [-0.05, 0) is 23.3 Å². The van der Waals surface area contributed by atoms with Crippen LogP contribution < -0.4 is 5.32 Å². The second kappa shape index (κ2) is 6.63. The Morgan fingerprint density at radius 1 is 0.864 bits per heavy atom. The molecule has 108 valence electrons. The van der Waals surface area contributed by atoms with Crippen molar-refractivity contribution in [2.75, 3.05) is 0 Å². The third-order valence-corrected chi connectivity index (χ3v) is 3.34. The van der Waals surface area contributed by atoms with Gasteiger partial charge in [0.1, 0.15) is 6.33 Å². The van der Waals surface area contributed by atoms with E-state index in [4.69, 9.17) is 0 Å². The van der Waals surface area contributed by atoms with Gasteiger partial charge in [0.15, 0.2) is 0 Å². The molecule has 4 heteroatoms. The summed E-state index contributed by atoms with van der Waals surface area (Å²) >= 11 is 0. The van der Waals surface area contributed by atoms with Crippen molar-refractivity contribution >= 4 is 5.91 Å². The highest BCUT2D eigenvalue weighted by Gasteiger charge is 2.06. The Labute approximate surface area is 128 Å². The van der Waals surface area contributed by atoms with E-state index in [2.05, 4.69) is 15.3 Å². The van der Waals surface area contributed by atoms with E-state index in [0.717, 1.165) is 16.7 Å². The van der Waals surface area contributed by atoms with Gasteiger partial charge < -0.3 is 5.32 Å². The number of hydrogen-bond donors (Lipinski definition) is 1. The zero-order valence-corrected chi connectivity index (χ0v) is 11.9. The topological polar surface area (TPSA) is 54.9 Å². The first kappa shape index (κ1) is 13.9. The van der Waals surface area contributed by atoms with Crippen LogP contribution in [-0.4, -0.2) is 15.9 Å². The Hall–Kier alpha value is -3.01. The minimum atomic E-state index is -0.0836. The van der Waals surface area contributed by atoms with Gasteiger partial charge in [0.2, 0.25) is 0 Å². The number of carbonyl (C=O) groups is 1. The molecule has 2 aromatic carbocycles. The average Bonchev–Trinajstić information content (AvgIpc) is 2.61. The summed E-state index contributed by atoms with van der Waals surface area (Å²) in [4.78, 5) is 20.1. The molecule has 1 N–H and O–H groups in total. The molecule has 0 bridgehead atoms. The number of nitrogens with zero attached hydrogens (tertiary/aromatic N) is 2. The number of amides is 1. The van der Waals surface area contributed by atoms with Gasteiger partial charge in [-0.25, -0.2) is 9.97 Å². The van der Waals surface area contributed by atoms with Crippen LogP contribution in [0.3, 0.4) is 0 Å². The number of rotatable bonds is 4. The molecule has 0 saturated carbocycles. The van der Waals surface area contributed by atoms with Gasteiger partial charge in [0, 0.05) is 30.1 Å². The standard InChI is InChI=1S/C18H15N3O/c22-18(21-10-14-4-2-1-3-5-14)16-8-6-15(7-9-16)17-11-19-13-20-12-17/h1-9,11-13H,10H2,(H,21,22). The lowest BCUT2D eigenvalue weighted by molar-refractivity contribution is 0.0951. The van der Waals surface area contributed by atoms with Crippen LogP contribution in [0, 0.1) is 0 Å². The van der Waals surface area contributed by atoms with Crippen LogP contribution in [0.4, 0.5) is 0 Å². The Bertz CT molecular complexity index is 740. The monoisotopic (exact) mass is 289 g/mol. The van der Waals surface area contributed by atoms with E-state index in [1.54, 1.807) is 12.4 Å². The van der Waals surface area contributed by atoms with Gasteiger partial charge in [0.05, 0.1) is 0 Å². The fourth-order valence-corrected chi connectivity index (χ4v) is 2.14. The fraction of sp³-hybridized carbons (Fsp3) is 0.0556. The predicted octanol–water partition coefficient (Wildman–Crippen LogP) is 3.07. The van der Waals surface area contributed by atoms with E-state index in [1.165, 1.54) is 6.33 Å². The quantitative estimate of drug-likeness (QED) is 0.803. The molecule has 3 aromatic rings. The smallest absolute Gasteiger partial charge is 0.251 e. The van der Waals surface area contributed by atoms with Gasteiger partial charge in [-0.2, -0.15) is 0 Å². The summed E-state index contributed by atoms with van der Waals surface area (Å²) in [5.74, 6) is -0.0836. The molecule has 0 unspecified atom stereocenters. The van der Waals surface area contributed by atoms with E-state index in [1.807, 2.05) is 54.6 Å². The van der Waals surface area contributed by atoms with E-state index in [0.29, 0.717) is 12.1 Å². The number of nitrogens with one attached hydrogen (secondary N) is 1. The molecule has 1 amide bonds. The minimum Gasteiger partial charge on any atom is -0.348 e. The molecule has 1 aromatic heterocycles. The predicted molar refractivity (Wildman–Crippen MR) is 85.1 cm³/mol. The third-order valence-electron chi connectivity index (χ3n) is 3.34. The summed E-state index contributed by atoms with van der Waals surface area (Å²) in [5.41, 5.74) is 3.63. The number of aromatic nitrogens is 2. The number of carbonyl (C=O) groups excluding carboxylic acids is 1. The van der Waals surface area contributed by atoms with Crippen molar-refractivity contribution in [3.05, 3.63) is 84.4 Å². The number of hydrogen-bond acceptors (Lipinski definition) is 3. The van der Waals surface area contributed by atoms with Crippen molar-refractivity contribution in [1.29, 1.82) is 0 Å². The summed E-state index contributed by atoms with van der Waals surface area (Å²) < 4.78 is 0. The molecule has 22 heavy (non-hydrogen) atoms. The lowest BCUT2D eigenvalue weighted by atomic mass is 10.1. The van der Waals surface area contributed by atoms with Gasteiger partial charge in [-0.3, -0.25) is 4.79 Å². The minimum absolute atomic E-state index is 0.0836. The van der Waals surface area contributed by atoms with Crippen LogP contribution in [0.25, 0.3) is 11.1 Å². The average molecular weight is 289 g/mol. The Morgan fingerprint density at radius 3 is 2.23 bits per heavy atom. The summed E-state index contributed by atoms with van der Waals surface area (Å²) in [5, 5.41) is 2.91. The van der Waals surface area contributed by atoms with Crippen molar-refractivity contribution in [3.8, 4) is 11.1 Å². The van der Waals surface area contributed by atoms with E-state index >= 15 is 0 Å². The first-order valence-corrected chi connectivity index (χ1v) is 7.00. The van der Waals surface area contributed by atoms with Crippen molar-refractivity contribution in [3.63, 3.8) is 0 Å². The zero-order chi connectivity index (χ0) is 15.2. The summed E-state index contributed by atoms with van der Waals surface area (Å²) in [6.45, 7) is 0.522. The van der Waals surface area contributed by atoms with Crippen molar-refractivity contribution in [2.24, 2.45) is 0 Å². The maximum absolute atomic E-state index is 12.1. The summed E-state index contributed by atoms with van der Waals surface area (Å²) in [7, 11) is 0.